The molecule has 0 saturated heterocycles. The van der Waals surface area contributed by atoms with Gasteiger partial charge in [0, 0.05) is 12.5 Å². The molecule has 1 aliphatic carbocycles. The third-order valence-electron chi connectivity index (χ3n) is 4.02. The van der Waals surface area contributed by atoms with Gasteiger partial charge in [0.05, 0.1) is 16.7 Å². The highest BCUT2D eigenvalue weighted by Crippen LogP contribution is 2.38. The Morgan fingerprint density at radius 2 is 2.12 bits per heavy atom. The predicted molar refractivity (Wildman–Crippen MR) is 92.1 cm³/mol. The van der Waals surface area contributed by atoms with Gasteiger partial charge in [-0.1, -0.05) is 36.0 Å². The molecule has 124 valence electrons. The fraction of sp³-hybridized carbons (Fsp3) is 0.412. The second-order valence-corrected chi connectivity index (χ2v) is 6.92. The minimum Gasteiger partial charge on any atom is -0.338 e. The van der Waals surface area contributed by atoms with Crippen molar-refractivity contribution in [2.24, 2.45) is 0 Å². The van der Waals surface area contributed by atoms with E-state index in [1.807, 2.05) is 24.3 Å². The van der Waals surface area contributed by atoms with E-state index < -0.39 is 0 Å². The molecule has 2 heterocycles. The smallest absolute Gasteiger partial charge is 0.262 e. The van der Waals surface area contributed by atoms with Crippen LogP contribution in [0.4, 0.5) is 0 Å². The molecule has 0 atom stereocenters. The fourth-order valence-electron chi connectivity index (χ4n) is 2.64. The van der Waals surface area contributed by atoms with Crippen LogP contribution in [0, 0.1) is 0 Å². The molecule has 7 heteroatoms. The number of aromatic nitrogens is 4. The van der Waals surface area contributed by atoms with Gasteiger partial charge in [-0.3, -0.25) is 9.36 Å². The second-order valence-electron chi connectivity index (χ2n) is 5.98. The Morgan fingerprint density at radius 1 is 1.29 bits per heavy atom. The summed E-state index contributed by atoms with van der Waals surface area (Å²) >= 11 is 1.47. The highest BCUT2D eigenvalue weighted by Gasteiger charge is 2.28. The van der Waals surface area contributed by atoms with E-state index in [4.69, 9.17) is 4.52 Å². The van der Waals surface area contributed by atoms with Crippen molar-refractivity contribution in [2.75, 3.05) is 0 Å². The zero-order chi connectivity index (χ0) is 16.5. The Labute approximate surface area is 143 Å². The lowest BCUT2D eigenvalue weighted by Gasteiger charge is -2.11. The van der Waals surface area contributed by atoms with Crippen molar-refractivity contribution in [3.8, 4) is 0 Å². The second kappa shape index (κ2) is 6.39. The van der Waals surface area contributed by atoms with E-state index in [9.17, 15) is 4.79 Å². The summed E-state index contributed by atoms with van der Waals surface area (Å²) in [6.07, 6.45) is 3.17. The molecule has 4 rings (SSSR count). The third-order valence-corrected chi connectivity index (χ3v) is 4.99. The van der Waals surface area contributed by atoms with Gasteiger partial charge in [0.15, 0.2) is 11.0 Å². The lowest BCUT2D eigenvalue weighted by Crippen LogP contribution is -2.23. The number of hydrogen-bond acceptors (Lipinski definition) is 6. The maximum atomic E-state index is 12.7. The van der Waals surface area contributed by atoms with Crippen molar-refractivity contribution < 1.29 is 4.52 Å². The predicted octanol–water partition coefficient (Wildman–Crippen LogP) is 3.36. The zero-order valence-electron chi connectivity index (χ0n) is 13.4. The van der Waals surface area contributed by atoms with Crippen molar-refractivity contribution in [2.45, 2.75) is 49.6 Å². The van der Waals surface area contributed by atoms with E-state index >= 15 is 0 Å². The van der Waals surface area contributed by atoms with Gasteiger partial charge in [-0.2, -0.15) is 4.98 Å². The molecule has 0 N–H and O–H groups in total. The molecule has 0 radical (unpaired) electrons. The molecule has 24 heavy (non-hydrogen) atoms. The molecule has 3 aromatic rings. The number of fused-ring (bicyclic) bond motifs is 1. The maximum absolute atomic E-state index is 12.7. The van der Waals surface area contributed by atoms with Crippen LogP contribution in [0.1, 0.15) is 43.8 Å². The molecule has 0 aliphatic heterocycles. The molecular weight excluding hydrogens is 324 g/mol. The van der Waals surface area contributed by atoms with E-state index in [1.54, 1.807) is 4.57 Å². The summed E-state index contributed by atoms with van der Waals surface area (Å²) in [7, 11) is 0. The molecule has 1 saturated carbocycles. The van der Waals surface area contributed by atoms with Crippen molar-refractivity contribution in [3.63, 3.8) is 0 Å². The van der Waals surface area contributed by atoms with Crippen LogP contribution in [0.15, 0.2) is 38.7 Å². The van der Waals surface area contributed by atoms with E-state index in [-0.39, 0.29) is 5.56 Å². The highest BCUT2D eigenvalue weighted by molar-refractivity contribution is 7.98. The Morgan fingerprint density at radius 3 is 2.92 bits per heavy atom. The normalized spacial score (nSPS) is 14.4. The lowest BCUT2D eigenvalue weighted by atomic mass is 10.2. The molecule has 2 aromatic heterocycles. The number of hydrogen-bond donors (Lipinski definition) is 0. The summed E-state index contributed by atoms with van der Waals surface area (Å²) in [6.45, 7) is 2.70. The summed E-state index contributed by atoms with van der Waals surface area (Å²) < 4.78 is 7.05. The fourth-order valence-corrected chi connectivity index (χ4v) is 3.50. The third kappa shape index (κ3) is 2.96. The zero-order valence-corrected chi connectivity index (χ0v) is 14.3. The van der Waals surface area contributed by atoms with Crippen LogP contribution >= 0.6 is 11.8 Å². The van der Waals surface area contributed by atoms with Crippen LogP contribution in [0.5, 0.6) is 0 Å². The summed E-state index contributed by atoms with van der Waals surface area (Å²) in [6, 6.07) is 7.46. The first kappa shape index (κ1) is 15.4. The Hall–Kier alpha value is -2.15. The number of rotatable bonds is 6. The van der Waals surface area contributed by atoms with Crippen molar-refractivity contribution >= 4 is 22.7 Å². The number of thioether (sulfide) groups is 1. The van der Waals surface area contributed by atoms with Gasteiger partial charge >= 0.3 is 0 Å². The molecule has 0 spiro atoms. The van der Waals surface area contributed by atoms with Crippen LogP contribution in [0.3, 0.4) is 0 Å². The van der Waals surface area contributed by atoms with E-state index in [0.717, 1.165) is 30.6 Å². The number of para-hydroxylation sites is 1. The molecule has 1 aromatic carbocycles. The molecule has 1 aliphatic rings. The largest absolute Gasteiger partial charge is 0.338 e. The highest BCUT2D eigenvalue weighted by atomic mass is 32.2. The van der Waals surface area contributed by atoms with E-state index in [2.05, 4.69) is 22.0 Å². The quantitative estimate of drug-likeness (QED) is 0.505. The van der Waals surface area contributed by atoms with Gasteiger partial charge in [0.1, 0.15) is 0 Å². The van der Waals surface area contributed by atoms with E-state index in [0.29, 0.717) is 34.6 Å². The monoisotopic (exact) mass is 342 g/mol. The number of benzene rings is 1. The van der Waals surface area contributed by atoms with Gasteiger partial charge in [-0.15, -0.1) is 0 Å². The maximum Gasteiger partial charge on any atom is 0.262 e. The average molecular weight is 342 g/mol. The topological polar surface area (TPSA) is 73.8 Å². The van der Waals surface area contributed by atoms with Crippen LogP contribution in [0.2, 0.25) is 0 Å². The van der Waals surface area contributed by atoms with Gasteiger partial charge in [0.25, 0.3) is 5.56 Å². The first-order valence-electron chi connectivity index (χ1n) is 8.21. The molecular formula is C17H18N4O2S. The standard InChI is InChI=1S/C17H18N4O2S/c1-2-9-21-16(22)12-5-3-4-6-13(12)18-17(21)24-10-14-19-15(20-23-14)11-7-8-11/h3-6,11H,2,7-10H2,1H3. The van der Waals surface area contributed by atoms with Crippen LogP contribution in [-0.2, 0) is 12.3 Å². The van der Waals surface area contributed by atoms with Gasteiger partial charge in [0.2, 0.25) is 5.89 Å². The molecule has 1 fully saturated rings. The summed E-state index contributed by atoms with van der Waals surface area (Å²) in [5, 5.41) is 5.39. The summed E-state index contributed by atoms with van der Waals surface area (Å²) in [4.78, 5) is 21.8. The first-order chi connectivity index (χ1) is 11.8. The molecule has 0 bridgehead atoms. The van der Waals surface area contributed by atoms with Gasteiger partial charge < -0.3 is 4.52 Å². The summed E-state index contributed by atoms with van der Waals surface area (Å²) in [5.74, 6) is 2.40. The first-order valence-corrected chi connectivity index (χ1v) is 9.19. The van der Waals surface area contributed by atoms with Crippen molar-refractivity contribution in [3.05, 3.63) is 46.3 Å². The van der Waals surface area contributed by atoms with Crippen molar-refractivity contribution in [1.82, 2.24) is 19.7 Å². The van der Waals surface area contributed by atoms with Crippen LogP contribution in [-0.4, -0.2) is 19.7 Å². The summed E-state index contributed by atoms with van der Waals surface area (Å²) in [5.41, 5.74) is 0.732. The number of nitrogens with zero attached hydrogens (tertiary/aromatic N) is 4. The van der Waals surface area contributed by atoms with Gasteiger partial charge in [-0.25, -0.2) is 4.98 Å². The minimum atomic E-state index is 0.00847. The Bertz CT molecular complexity index is 930. The minimum absolute atomic E-state index is 0.00847. The lowest BCUT2D eigenvalue weighted by molar-refractivity contribution is 0.385. The molecule has 6 nitrogen and oxygen atoms in total. The average Bonchev–Trinajstić information content (AvgIpc) is 3.35. The SMILES string of the molecule is CCCn1c(SCc2nc(C3CC3)no2)nc2ccccc2c1=O. The van der Waals surface area contributed by atoms with E-state index in [1.165, 1.54) is 11.8 Å². The Balaban J connectivity index is 1.63. The molecule has 0 amide bonds. The molecule has 0 unspecified atom stereocenters. The van der Waals surface area contributed by atoms with Crippen LogP contribution < -0.4 is 5.56 Å². The van der Waals surface area contributed by atoms with Gasteiger partial charge in [-0.05, 0) is 31.4 Å². The van der Waals surface area contributed by atoms with Crippen molar-refractivity contribution in [1.29, 1.82) is 0 Å². The Kier molecular flexibility index (Phi) is 4.10. The van der Waals surface area contributed by atoms with Crippen LogP contribution in [0.25, 0.3) is 10.9 Å².